The predicted molar refractivity (Wildman–Crippen MR) is 72.0 cm³/mol. The molecule has 3 heteroatoms. The Bertz CT molecular complexity index is 136. The van der Waals surface area contributed by atoms with Crippen LogP contribution < -0.4 is 0 Å². The smallest absolute Gasteiger partial charge is 0.462 e. The Balaban J connectivity index is 3.98. The minimum atomic E-state index is -0.991. The summed E-state index contributed by atoms with van der Waals surface area (Å²) >= 11 is -0.991. The van der Waals surface area contributed by atoms with Crippen LogP contribution in [0.2, 0.25) is 10.6 Å². The summed E-state index contributed by atoms with van der Waals surface area (Å²) in [5.74, 6) is 0. The highest BCUT2D eigenvalue weighted by molar-refractivity contribution is 6.51. The van der Waals surface area contributed by atoms with Gasteiger partial charge in [-0.3, -0.25) is 0 Å². The highest BCUT2D eigenvalue weighted by Gasteiger charge is 2.22. The third-order valence-electron chi connectivity index (χ3n) is 2.60. The molecule has 0 aromatic heterocycles. The second-order valence-electron chi connectivity index (χ2n) is 4.42. The number of hydrogen-bond acceptors (Lipinski definition) is 2. The highest BCUT2D eigenvalue weighted by atomic mass is 27.2. The van der Waals surface area contributed by atoms with Crippen molar-refractivity contribution in [1.82, 2.24) is 0 Å². The molecule has 0 rings (SSSR count). The van der Waals surface area contributed by atoms with Gasteiger partial charge in [0.2, 0.25) is 0 Å². The van der Waals surface area contributed by atoms with Gasteiger partial charge in [-0.25, -0.2) is 0 Å². The van der Waals surface area contributed by atoms with E-state index in [-0.39, 0.29) is 6.29 Å². The molecule has 0 saturated heterocycles. The molecule has 0 amide bonds. The normalized spacial score (nSPS) is 12.8. The lowest BCUT2D eigenvalue weighted by molar-refractivity contribution is -0.0876. The molecule has 1 unspecified atom stereocenters. The van der Waals surface area contributed by atoms with E-state index in [0.29, 0.717) is 0 Å². The van der Waals surface area contributed by atoms with Gasteiger partial charge in [0.25, 0.3) is 0 Å². The van der Waals surface area contributed by atoms with E-state index in [4.69, 9.17) is 8.53 Å². The van der Waals surface area contributed by atoms with Gasteiger partial charge in [-0.1, -0.05) is 57.5 Å². The van der Waals surface area contributed by atoms with Crippen molar-refractivity contribution in [3.05, 3.63) is 0 Å². The second kappa shape index (κ2) is 11.9. The molecule has 0 N–H and O–H groups in total. The maximum Gasteiger partial charge on any atom is 0.462 e. The number of rotatable bonds is 11. The van der Waals surface area contributed by atoms with Crippen LogP contribution in [-0.2, 0) is 8.53 Å². The largest absolute Gasteiger partial charge is 0.478 e. The lowest BCUT2D eigenvalue weighted by Gasteiger charge is -2.22. The minimum absolute atomic E-state index is 0.0831. The summed E-state index contributed by atoms with van der Waals surface area (Å²) in [7, 11) is 0. The summed E-state index contributed by atoms with van der Waals surface area (Å²) in [5.41, 5.74) is 0. The van der Waals surface area contributed by atoms with Crippen molar-refractivity contribution in [2.24, 2.45) is 0 Å². The molecule has 0 spiro atoms. The summed E-state index contributed by atoms with van der Waals surface area (Å²) in [5, 5.41) is 2.59. The van der Waals surface area contributed by atoms with Crippen LogP contribution in [0.1, 0.15) is 59.8 Å². The molecule has 0 aromatic rings. The fourth-order valence-corrected chi connectivity index (χ4v) is 4.31. The van der Waals surface area contributed by atoms with E-state index < -0.39 is 14.5 Å². The summed E-state index contributed by atoms with van der Waals surface area (Å²) < 4.78 is 12.0. The van der Waals surface area contributed by atoms with Crippen LogP contribution in [0.3, 0.4) is 0 Å². The zero-order chi connectivity index (χ0) is 12.2. The first-order chi connectivity index (χ1) is 7.78. The molecule has 0 aliphatic heterocycles. The standard InChI is InChI=1S/C7H15O2.2C3H7.Al/c1-3-5-7(8)9-6-4-2;2*1-3-2;/h7H,3-6H2,1-2H3;2*1,3H2,2H3;/q-1;;;+1. The van der Waals surface area contributed by atoms with Crippen molar-refractivity contribution < 1.29 is 8.53 Å². The molecule has 16 heavy (non-hydrogen) atoms. The molecule has 0 bridgehead atoms. The van der Waals surface area contributed by atoms with Gasteiger partial charge in [0.1, 0.15) is 6.29 Å². The number of ether oxygens (including phenoxy) is 1. The lowest BCUT2D eigenvalue weighted by atomic mass is 10.3. The molecule has 0 radical (unpaired) electrons. The van der Waals surface area contributed by atoms with Gasteiger partial charge in [0.15, 0.2) is 0 Å². The van der Waals surface area contributed by atoms with Crippen LogP contribution in [0.4, 0.5) is 0 Å². The van der Waals surface area contributed by atoms with E-state index >= 15 is 0 Å². The molecule has 2 nitrogen and oxygen atoms in total. The topological polar surface area (TPSA) is 18.5 Å². The van der Waals surface area contributed by atoms with E-state index in [1.165, 1.54) is 23.4 Å². The first-order valence-electron chi connectivity index (χ1n) is 7.05. The van der Waals surface area contributed by atoms with E-state index in [1.807, 2.05) is 0 Å². The van der Waals surface area contributed by atoms with Crippen molar-refractivity contribution in [3.63, 3.8) is 0 Å². The van der Waals surface area contributed by atoms with Gasteiger partial charge in [-0.15, -0.1) is 0 Å². The fourth-order valence-electron chi connectivity index (χ4n) is 1.81. The Morgan fingerprint density at radius 2 is 1.50 bits per heavy atom. The van der Waals surface area contributed by atoms with Gasteiger partial charge in [0.05, 0.1) is 0 Å². The van der Waals surface area contributed by atoms with Crippen LogP contribution in [0, 0.1) is 0 Å². The third-order valence-corrected chi connectivity index (χ3v) is 5.73. The van der Waals surface area contributed by atoms with Gasteiger partial charge < -0.3 is 8.53 Å². The van der Waals surface area contributed by atoms with Crippen LogP contribution in [0.15, 0.2) is 0 Å². The zero-order valence-corrected chi connectivity index (χ0v) is 12.8. The SMILES string of the molecule is CCCOC(CCC)[O][Al]([CH2]CC)[CH2]CC. The molecule has 0 heterocycles. The fraction of sp³-hybridized carbons (Fsp3) is 1.00. The average molecular weight is 244 g/mol. The van der Waals surface area contributed by atoms with E-state index in [0.717, 1.165) is 25.9 Å². The number of hydrogen-bond donors (Lipinski definition) is 0. The highest BCUT2D eigenvalue weighted by Crippen LogP contribution is 2.14. The summed E-state index contributed by atoms with van der Waals surface area (Å²) in [6.07, 6.45) is 5.87. The van der Waals surface area contributed by atoms with Crippen molar-refractivity contribution in [1.29, 1.82) is 0 Å². The quantitative estimate of drug-likeness (QED) is 0.397. The van der Waals surface area contributed by atoms with Gasteiger partial charge in [-0.2, -0.15) is 0 Å². The predicted octanol–water partition coefficient (Wildman–Crippen LogP) is 4.37. The first kappa shape index (κ1) is 16.5. The van der Waals surface area contributed by atoms with Crippen LogP contribution in [0.25, 0.3) is 0 Å². The van der Waals surface area contributed by atoms with Crippen molar-refractivity contribution >= 4 is 14.5 Å². The maximum atomic E-state index is 6.19. The second-order valence-corrected chi connectivity index (χ2v) is 7.10. The maximum absolute atomic E-state index is 6.19. The third kappa shape index (κ3) is 8.59. The van der Waals surface area contributed by atoms with Gasteiger partial charge >= 0.3 is 14.5 Å². The Morgan fingerprint density at radius 1 is 0.875 bits per heavy atom. The Labute approximate surface area is 106 Å². The average Bonchev–Trinajstić information content (AvgIpc) is 2.27. The zero-order valence-electron chi connectivity index (χ0n) is 11.6. The first-order valence-corrected chi connectivity index (χ1v) is 9.15. The van der Waals surface area contributed by atoms with Crippen molar-refractivity contribution in [2.45, 2.75) is 76.7 Å². The molecular formula is C13H29AlO2. The summed E-state index contributed by atoms with van der Waals surface area (Å²) in [4.78, 5) is 0. The molecule has 96 valence electrons. The van der Waals surface area contributed by atoms with E-state index in [1.54, 1.807) is 0 Å². The monoisotopic (exact) mass is 244 g/mol. The van der Waals surface area contributed by atoms with E-state index in [2.05, 4.69) is 27.7 Å². The summed E-state index contributed by atoms with van der Waals surface area (Å²) in [6, 6.07) is 0. The molecule has 1 atom stereocenters. The van der Waals surface area contributed by atoms with Crippen LogP contribution in [0.5, 0.6) is 0 Å². The van der Waals surface area contributed by atoms with Crippen molar-refractivity contribution in [3.8, 4) is 0 Å². The Morgan fingerprint density at radius 3 is 1.94 bits per heavy atom. The van der Waals surface area contributed by atoms with Gasteiger partial charge in [-0.05, 0) is 12.8 Å². The van der Waals surface area contributed by atoms with Crippen LogP contribution in [-0.4, -0.2) is 27.4 Å². The Hall–Kier alpha value is 0.452. The lowest BCUT2D eigenvalue weighted by Crippen LogP contribution is -2.28. The molecule has 0 saturated carbocycles. The molecule has 0 aliphatic rings. The molecular weight excluding hydrogens is 215 g/mol. The van der Waals surface area contributed by atoms with Crippen molar-refractivity contribution in [2.75, 3.05) is 6.61 Å². The molecule has 0 aliphatic carbocycles. The Kier molecular flexibility index (Phi) is 12.3. The summed E-state index contributed by atoms with van der Waals surface area (Å²) in [6.45, 7) is 9.68. The van der Waals surface area contributed by atoms with E-state index in [9.17, 15) is 0 Å². The molecule has 0 aromatic carbocycles. The minimum Gasteiger partial charge on any atom is -0.478 e. The van der Waals surface area contributed by atoms with Crippen LogP contribution >= 0.6 is 0 Å². The van der Waals surface area contributed by atoms with Gasteiger partial charge in [0, 0.05) is 6.61 Å². The molecule has 0 fully saturated rings.